The van der Waals surface area contributed by atoms with Gasteiger partial charge in [0.2, 0.25) is 5.76 Å². The van der Waals surface area contributed by atoms with E-state index in [2.05, 4.69) is 16.5 Å². The van der Waals surface area contributed by atoms with Crippen LogP contribution < -0.4 is 10.1 Å². The van der Waals surface area contributed by atoms with Crippen molar-refractivity contribution in [1.29, 1.82) is 0 Å². The van der Waals surface area contributed by atoms with Gasteiger partial charge in [0.05, 0.1) is 13.4 Å². The van der Waals surface area contributed by atoms with Gasteiger partial charge in [0.15, 0.2) is 11.5 Å². The van der Waals surface area contributed by atoms with Crippen LogP contribution in [0.2, 0.25) is 0 Å². The molecule has 1 saturated heterocycles. The summed E-state index contributed by atoms with van der Waals surface area (Å²) < 4.78 is 21.6. The third-order valence-corrected chi connectivity index (χ3v) is 5.22. The molecule has 1 aliphatic rings. The van der Waals surface area contributed by atoms with Crippen LogP contribution in [0.25, 0.3) is 11.5 Å². The molecule has 0 radical (unpaired) electrons. The van der Waals surface area contributed by atoms with E-state index in [-0.39, 0.29) is 17.0 Å². The highest BCUT2D eigenvalue weighted by Gasteiger charge is 2.37. The zero-order valence-electron chi connectivity index (χ0n) is 15.6. The fraction of sp³-hybridized carbons (Fsp3) is 0.333. The standard InChI is InChI=1S/C21H22N2O5/c1-25-17-6-3-2-5-15(17)21(8-11-26-12-9-21)14-22-20(24)16-13-19(28-23-16)18-7-4-10-27-18/h2-7,10,13H,8-9,11-12,14H2,1H3,(H,22,24). The Kier molecular flexibility index (Phi) is 5.16. The van der Waals surface area contributed by atoms with Crippen LogP contribution in [0.1, 0.15) is 28.9 Å². The Morgan fingerprint density at radius 1 is 1.18 bits per heavy atom. The third kappa shape index (κ3) is 3.53. The lowest BCUT2D eigenvalue weighted by molar-refractivity contribution is 0.0478. The lowest BCUT2D eigenvalue weighted by Gasteiger charge is -2.38. The van der Waals surface area contributed by atoms with E-state index < -0.39 is 0 Å². The quantitative estimate of drug-likeness (QED) is 0.703. The molecule has 0 unspecified atom stereocenters. The molecule has 0 atom stereocenters. The van der Waals surface area contributed by atoms with Gasteiger partial charge in [-0.3, -0.25) is 4.79 Å². The van der Waals surface area contributed by atoms with Crippen LogP contribution in [0.3, 0.4) is 0 Å². The third-order valence-electron chi connectivity index (χ3n) is 5.22. The van der Waals surface area contributed by atoms with Gasteiger partial charge in [0.1, 0.15) is 5.75 Å². The second-order valence-corrected chi connectivity index (χ2v) is 6.83. The zero-order chi connectivity index (χ0) is 19.4. The Morgan fingerprint density at radius 3 is 2.75 bits per heavy atom. The number of furan rings is 1. The molecule has 3 heterocycles. The van der Waals surface area contributed by atoms with E-state index in [1.807, 2.05) is 18.2 Å². The Hall–Kier alpha value is -3.06. The Labute approximate surface area is 162 Å². The number of hydrogen-bond donors (Lipinski definition) is 1. The molecule has 4 rings (SSSR count). The van der Waals surface area contributed by atoms with Crippen LogP contribution in [-0.2, 0) is 10.2 Å². The first-order chi connectivity index (χ1) is 13.7. The Morgan fingerprint density at radius 2 is 2.00 bits per heavy atom. The minimum atomic E-state index is -0.290. The largest absolute Gasteiger partial charge is 0.496 e. The number of aromatic nitrogens is 1. The number of nitrogens with zero attached hydrogens (tertiary/aromatic N) is 1. The molecule has 0 aliphatic carbocycles. The number of carbonyl (C=O) groups is 1. The van der Waals surface area contributed by atoms with Crippen LogP contribution in [0.15, 0.2) is 57.7 Å². The van der Waals surface area contributed by atoms with E-state index in [9.17, 15) is 4.79 Å². The summed E-state index contributed by atoms with van der Waals surface area (Å²) in [7, 11) is 1.66. The molecular weight excluding hydrogens is 360 g/mol. The summed E-state index contributed by atoms with van der Waals surface area (Å²) in [6, 6.07) is 13.0. The molecule has 28 heavy (non-hydrogen) atoms. The summed E-state index contributed by atoms with van der Waals surface area (Å²) in [4.78, 5) is 12.7. The average molecular weight is 382 g/mol. The van der Waals surface area contributed by atoms with Gasteiger partial charge in [-0.15, -0.1) is 0 Å². The molecule has 0 spiro atoms. The monoisotopic (exact) mass is 382 g/mol. The molecule has 1 N–H and O–H groups in total. The van der Waals surface area contributed by atoms with Crippen LogP contribution in [0.5, 0.6) is 5.75 Å². The molecule has 7 nitrogen and oxygen atoms in total. The number of para-hydroxylation sites is 1. The molecule has 0 saturated carbocycles. The number of rotatable bonds is 6. The summed E-state index contributed by atoms with van der Waals surface area (Å²) in [5.74, 6) is 1.48. The van der Waals surface area contributed by atoms with Crippen molar-refractivity contribution in [2.75, 3.05) is 26.9 Å². The Balaban J connectivity index is 1.53. The number of carbonyl (C=O) groups excluding carboxylic acids is 1. The maximum absolute atomic E-state index is 12.7. The fourth-order valence-electron chi connectivity index (χ4n) is 3.64. The summed E-state index contributed by atoms with van der Waals surface area (Å²) in [5.41, 5.74) is 1.04. The smallest absolute Gasteiger partial charge is 0.273 e. The van der Waals surface area contributed by atoms with E-state index in [1.54, 1.807) is 31.6 Å². The summed E-state index contributed by atoms with van der Waals surface area (Å²) >= 11 is 0. The molecule has 1 fully saturated rings. The maximum atomic E-state index is 12.7. The number of ether oxygens (including phenoxy) is 2. The van der Waals surface area contributed by atoms with E-state index in [4.69, 9.17) is 18.4 Å². The van der Waals surface area contributed by atoms with Crippen LogP contribution >= 0.6 is 0 Å². The van der Waals surface area contributed by atoms with Crippen molar-refractivity contribution in [3.05, 3.63) is 60.0 Å². The molecule has 0 bridgehead atoms. The molecule has 3 aromatic rings. The van der Waals surface area contributed by atoms with Crippen molar-refractivity contribution in [2.24, 2.45) is 0 Å². The number of amides is 1. The van der Waals surface area contributed by atoms with Gasteiger partial charge < -0.3 is 23.7 Å². The molecule has 2 aromatic heterocycles. The number of methoxy groups -OCH3 is 1. The number of nitrogens with one attached hydrogen (secondary N) is 1. The first kappa shape index (κ1) is 18.3. The molecule has 146 valence electrons. The van der Waals surface area contributed by atoms with Gasteiger partial charge in [0, 0.05) is 36.8 Å². The summed E-state index contributed by atoms with van der Waals surface area (Å²) in [6.07, 6.45) is 3.13. The molecule has 1 amide bonds. The average Bonchev–Trinajstić information content (AvgIpc) is 3.44. The lowest BCUT2D eigenvalue weighted by atomic mass is 9.73. The van der Waals surface area contributed by atoms with E-state index in [1.165, 1.54) is 0 Å². The SMILES string of the molecule is COc1ccccc1C1(CNC(=O)c2cc(-c3ccco3)on2)CCOCC1. The fourth-order valence-corrected chi connectivity index (χ4v) is 3.64. The first-order valence-electron chi connectivity index (χ1n) is 9.22. The van der Waals surface area contributed by atoms with Crippen molar-refractivity contribution in [1.82, 2.24) is 10.5 Å². The molecule has 1 aromatic carbocycles. The van der Waals surface area contributed by atoms with E-state index in [0.717, 1.165) is 24.2 Å². The maximum Gasteiger partial charge on any atom is 0.273 e. The summed E-state index contributed by atoms with van der Waals surface area (Å²) in [5, 5.41) is 6.88. The highest BCUT2D eigenvalue weighted by molar-refractivity contribution is 5.93. The molecular formula is C21H22N2O5. The summed E-state index contributed by atoms with van der Waals surface area (Å²) in [6.45, 7) is 1.74. The van der Waals surface area contributed by atoms with Crippen molar-refractivity contribution >= 4 is 5.91 Å². The molecule has 7 heteroatoms. The van der Waals surface area contributed by atoms with Gasteiger partial charge in [-0.25, -0.2) is 0 Å². The normalized spacial score (nSPS) is 15.9. The second kappa shape index (κ2) is 7.90. The minimum absolute atomic E-state index is 0.216. The van der Waals surface area contributed by atoms with E-state index in [0.29, 0.717) is 31.3 Å². The van der Waals surface area contributed by atoms with Crippen molar-refractivity contribution in [3.8, 4) is 17.3 Å². The van der Waals surface area contributed by atoms with Crippen molar-refractivity contribution in [2.45, 2.75) is 18.3 Å². The predicted octanol–water partition coefficient (Wildman–Crippen LogP) is 3.42. The zero-order valence-corrected chi connectivity index (χ0v) is 15.6. The van der Waals surface area contributed by atoms with Gasteiger partial charge >= 0.3 is 0 Å². The topological polar surface area (TPSA) is 86.7 Å². The van der Waals surface area contributed by atoms with Gasteiger partial charge in [-0.05, 0) is 31.0 Å². The lowest BCUT2D eigenvalue weighted by Crippen LogP contribution is -2.44. The van der Waals surface area contributed by atoms with Crippen LogP contribution in [0.4, 0.5) is 0 Å². The van der Waals surface area contributed by atoms with Crippen molar-refractivity contribution < 1.29 is 23.2 Å². The number of hydrogen-bond acceptors (Lipinski definition) is 6. The van der Waals surface area contributed by atoms with Crippen molar-refractivity contribution in [3.63, 3.8) is 0 Å². The van der Waals surface area contributed by atoms with Crippen LogP contribution in [0, 0.1) is 0 Å². The minimum Gasteiger partial charge on any atom is -0.496 e. The highest BCUT2D eigenvalue weighted by atomic mass is 16.5. The molecule has 1 aliphatic heterocycles. The second-order valence-electron chi connectivity index (χ2n) is 6.83. The van der Waals surface area contributed by atoms with Crippen LogP contribution in [-0.4, -0.2) is 37.9 Å². The Bertz CT molecular complexity index is 926. The van der Waals surface area contributed by atoms with Gasteiger partial charge in [-0.1, -0.05) is 23.4 Å². The van der Waals surface area contributed by atoms with Gasteiger partial charge in [0.25, 0.3) is 5.91 Å². The predicted molar refractivity (Wildman–Crippen MR) is 101 cm³/mol. The highest BCUT2D eigenvalue weighted by Crippen LogP contribution is 2.39. The van der Waals surface area contributed by atoms with Gasteiger partial charge in [-0.2, -0.15) is 0 Å². The first-order valence-corrected chi connectivity index (χ1v) is 9.22. The van der Waals surface area contributed by atoms with E-state index >= 15 is 0 Å². The number of benzene rings is 1.